The fraction of sp³-hybridized carbons (Fsp3) is 0.139. The molecule has 2 unspecified atom stereocenters. The van der Waals surface area contributed by atoms with Crippen LogP contribution in [-0.4, -0.2) is 5.54 Å². The van der Waals surface area contributed by atoms with Crippen LogP contribution in [0.25, 0.3) is 27.5 Å². The lowest BCUT2D eigenvalue weighted by molar-refractivity contribution is 0.520. The molecule has 0 spiro atoms. The van der Waals surface area contributed by atoms with Crippen LogP contribution < -0.4 is 4.90 Å². The summed E-state index contributed by atoms with van der Waals surface area (Å²) in [5, 5.41) is 11.8. The molecule has 0 saturated carbocycles. The fourth-order valence-corrected chi connectivity index (χ4v) is 6.64. The maximum Gasteiger partial charge on any atom is 0.0991 e. The first-order chi connectivity index (χ1) is 18.7. The molecule has 0 radical (unpaired) electrons. The Hall–Kier alpha value is -4.61. The van der Waals surface area contributed by atoms with Crippen molar-refractivity contribution in [3.63, 3.8) is 0 Å². The van der Waals surface area contributed by atoms with E-state index in [2.05, 4.69) is 127 Å². The lowest BCUT2D eigenvalue weighted by Crippen LogP contribution is -2.44. The van der Waals surface area contributed by atoms with Crippen molar-refractivity contribution in [2.24, 2.45) is 0 Å². The van der Waals surface area contributed by atoms with Crippen molar-refractivity contribution in [3.8, 4) is 17.2 Å². The molecule has 2 aliphatic carbocycles. The molecule has 4 aromatic rings. The van der Waals surface area contributed by atoms with Gasteiger partial charge in [0.1, 0.15) is 0 Å². The molecule has 0 N–H and O–H groups in total. The number of para-hydroxylation sites is 1. The maximum atomic E-state index is 9.25. The second-order valence-corrected chi connectivity index (χ2v) is 10.6. The molecule has 0 saturated heterocycles. The molecule has 182 valence electrons. The van der Waals surface area contributed by atoms with Crippen LogP contribution in [-0.2, 0) is 0 Å². The number of nitrogens with zero attached hydrogens (tertiary/aromatic N) is 2. The van der Waals surface area contributed by atoms with E-state index in [1.165, 1.54) is 44.4 Å². The van der Waals surface area contributed by atoms with Crippen LogP contribution >= 0.6 is 0 Å². The summed E-state index contributed by atoms with van der Waals surface area (Å²) in [6.07, 6.45) is 15.8. The van der Waals surface area contributed by atoms with Gasteiger partial charge in [0.2, 0.25) is 0 Å². The maximum absolute atomic E-state index is 9.25. The molecule has 0 aromatic heterocycles. The molecule has 0 fully saturated rings. The summed E-state index contributed by atoms with van der Waals surface area (Å²) in [6.45, 7) is 2.37. The van der Waals surface area contributed by atoms with Gasteiger partial charge in [-0.15, -0.1) is 0 Å². The number of allylic oxidation sites excluding steroid dienone is 6. The number of nitriles is 1. The Morgan fingerprint density at radius 2 is 1.61 bits per heavy atom. The summed E-state index contributed by atoms with van der Waals surface area (Å²) in [6, 6.07) is 32.2. The van der Waals surface area contributed by atoms with E-state index < -0.39 is 0 Å². The molecule has 1 aliphatic heterocycles. The zero-order valence-electron chi connectivity index (χ0n) is 21.4. The van der Waals surface area contributed by atoms with Crippen LogP contribution in [0.15, 0.2) is 127 Å². The Balaban J connectivity index is 1.32. The highest BCUT2D eigenvalue weighted by Gasteiger charge is 2.47. The summed E-state index contributed by atoms with van der Waals surface area (Å²) in [7, 11) is 0. The molecule has 3 aliphatic rings. The van der Waals surface area contributed by atoms with E-state index in [1.807, 2.05) is 12.1 Å². The van der Waals surface area contributed by atoms with Gasteiger partial charge in [-0.1, -0.05) is 97.1 Å². The average molecular weight is 489 g/mol. The molecule has 2 nitrogen and oxygen atoms in total. The lowest BCUT2D eigenvalue weighted by Gasteiger charge is -2.41. The lowest BCUT2D eigenvalue weighted by atomic mass is 9.80. The van der Waals surface area contributed by atoms with Gasteiger partial charge in [-0.2, -0.15) is 5.26 Å². The topological polar surface area (TPSA) is 27.0 Å². The number of rotatable bonds is 3. The van der Waals surface area contributed by atoms with Gasteiger partial charge in [0, 0.05) is 17.3 Å². The first-order valence-corrected chi connectivity index (χ1v) is 13.3. The van der Waals surface area contributed by atoms with Gasteiger partial charge in [0.25, 0.3) is 0 Å². The van der Waals surface area contributed by atoms with Crippen LogP contribution in [0.3, 0.4) is 0 Å². The average Bonchev–Trinajstić information content (AvgIpc) is 3.25. The van der Waals surface area contributed by atoms with Crippen LogP contribution in [0.5, 0.6) is 0 Å². The molecule has 38 heavy (non-hydrogen) atoms. The van der Waals surface area contributed by atoms with Gasteiger partial charge in [0.05, 0.1) is 17.2 Å². The van der Waals surface area contributed by atoms with Gasteiger partial charge in [-0.3, -0.25) is 0 Å². The largest absolute Gasteiger partial charge is 0.335 e. The van der Waals surface area contributed by atoms with Crippen molar-refractivity contribution < 1.29 is 0 Å². The predicted molar refractivity (Wildman–Crippen MR) is 158 cm³/mol. The SMILES string of the molecule is CC12C=CC=CC1c1ccccc1N2C1=CC=C(c2cccc3cccc(-c4ccc(C#N)cc4)c23)CC1. The number of benzene rings is 4. The van der Waals surface area contributed by atoms with E-state index in [0.29, 0.717) is 11.5 Å². The zero-order chi connectivity index (χ0) is 25.7. The van der Waals surface area contributed by atoms with Gasteiger partial charge < -0.3 is 4.90 Å². The minimum atomic E-state index is -0.0855. The van der Waals surface area contributed by atoms with Crippen LogP contribution in [0.2, 0.25) is 0 Å². The van der Waals surface area contributed by atoms with Gasteiger partial charge in [0.15, 0.2) is 0 Å². The van der Waals surface area contributed by atoms with Crippen LogP contribution in [0.4, 0.5) is 5.69 Å². The third-order valence-electron chi connectivity index (χ3n) is 8.46. The predicted octanol–water partition coefficient (Wildman–Crippen LogP) is 8.93. The first-order valence-electron chi connectivity index (χ1n) is 13.3. The van der Waals surface area contributed by atoms with Gasteiger partial charge in [-0.05, 0) is 82.6 Å². The first kappa shape index (κ1) is 22.6. The molecule has 7 rings (SSSR count). The van der Waals surface area contributed by atoms with E-state index in [-0.39, 0.29) is 5.54 Å². The number of hydrogen-bond acceptors (Lipinski definition) is 2. The Morgan fingerprint density at radius 3 is 2.37 bits per heavy atom. The summed E-state index contributed by atoms with van der Waals surface area (Å²) in [5.74, 6) is 0.364. The molecular weight excluding hydrogens is 460 g/mol. The van der Waals surface area contributed by atoms with E-state index >= 15 is 0 Å². The molecule has 4 aromatic carbocycles. The van der Waals surface area contributed by atoms with Crippen molar-refractivity contribution in [2.75, 3.05) is 4.90 Å². The van der Waals surface area contributed by atoms with Crippen molar-refractivity contribution in [3.05, 3.63) is 144 Å². The molecule has 2 heteroatoms. The summed E-state index contributed by atoms with van der Waals surface area (Å²) >= 11 is 0. The van der Waals surface area contributed by atoms with E-state index in [4.69, 9.17) is 0 Å². The second kappa shape index (κ2) is 8.75. The zero-order valence-corrected chi connectivity index (χ0v) is 21.4. The van der Waals surface area contributed by atoms with Crippen molar-refractivity contribution >= 4 is 22.0 Å². The minimum Gasteiger partial charge on any atom is -0.335 e. The smallest absolute Gasteiger partial charge is 0.0991 e. The highest BCUT2D eigenvalue weighted by Crippen LogP contribution is 2.53. The molecule has 0 bridgehead atoms. The van der Waals surface area contributed by atoms with Crippen molar-refractivity contribution in [1.29, 1.82) is 5.26 Å². The monoisotopic (exact) mass is 488 g/mol. The number of hydrogen-bond donors (Lipinski definition) is 0. The highest BCUT2D eigenvalue weighted by atomic mass is 15.2. The van der Waals surface area contributed by atoms with Crippen molar-refractivity contribution in [1.82, 2.24) is 0 Å². The third kappa shape index (κ3) is 3.40. The number of fused-ring (bicyclic) bond motifs is 4. The van der Waals surface area contributed by atoms with Crippen LogP contribution in [0.1, 0.15) is 42.4 Å². The molecule has 1 heterocycles. The standard InChI is InChI=1S/C36H28N2/c1-36-23-5-4-13-33(36)32-10-2-3-14-34(32)38(36)29-21-19-27(20-22-29)31-12-7-9-28-8-6-11-30(35(28)31)26-17-15-25(24-37)16-18-26/h2-19,21,23,33H,20,22H2,1H3. The Morgan fingerprint density at radius 1 is 0.816 bits per heavy atom. The fourth-order valence-electron chi connectivity index (χ4n) is 6.64. The van der Waals surface area contributed by atoms with E-state index in [9.17, 15) is 5.26 Å². The normalized spacial score (nSPS) is 21.5. The Kier molecular flexibility index (Phi) is 5.20. The van der Waals surface area contributed by atoms with Crippen LogP contribution in [0, 0.1) is 11.3 Å². The molecule has 0 amide bonds. The summed E-state index contributed by atoms with van der Waals surface area (Å²) in [5.41, 5.74) is 9.72. The third-order valence-corrected chi connectivity index (χ3v) is 8.46. The minimum absolute atomic E-state index is 0.0855. The Bertz CT molecular complexity index is 1740. The van der Waals surface area contributed by atoms with Gasteiger partial charge >= 0.3 is 0 Å². The Labute approximate surface area is 224 Å². The van der Waals surface area contributed by atoms with Crippen molar-refractivity contribution in [2.45, 2.75) is 31.2 Å². The molecular formula is C36H28N2. The number of anilines is 1. The van der Waals surface area contributed by atoms with Gasteiger partial charge in [-0.25, -0.2) is 0 Å². The van der Waals surface area contributed by atoms with E-state index in [0.717, 1.165) is 18.4 Å². The molecule has 2 atom stereocenters. The summed E-state index contributed by atoms with van der Waals surface area (Å²) in [4.78, 5) is 2.57. The quantitative estimate of drug-likeness (QED) is 0.288. The van der Waals surface area contributed by atoms with E-state index in [1.54, 1.807) is 0 Å². The summed E-state index contributed by atoms with van der Waals surface area (Å²) < 4.78 is 0. The second-order valence-electron chi connectivity index (χ2n) is 10.6. The highest BCUT2D eigenvalue weighted by molar-refractivity contribution is 6.04.